The first-order valence-electron chi connectivity index (χ1n) is 8.49. The van der Waals surface area contributed by atoms with Crippen molar-refractivity contribution in [3.8, 4) is 0 Å². The van der Waals surface area contributed by atoms with Crippen LogP contribution in [0.25, 0.3) is 0 Å². The van der Waals surface area contributed by atoms with E-state index >= 15 is 0 Å². The third kappa shape index (κ3) is 6.39. The van der Waals surface area contributed by atoms with Gasteiger partial charge in [-0.1, -0.05) is 56.7 Å². The van der Waals surface area contributed by atoms with E-state index in [0.717, 1.165) is 12.8 Å². The Morgan fingerprint density at radius 1 is 1.28 bits per heavy atom. The number of amides is 1. The second-order valence-electron chi connectivity index (χ2n) is 7.81. The van der Waals surface area contributed by atoms with Crippen LogP contribution in [0.15, 0.2) is 0 Å². The number of thioether (sulfide) groups is 1. The van der Waals surface area contributed by atoms with Crippen LogP contribution < -0.4 is 10.6 Å². The van der Waals surface area contributed by atoms with Gasteiger partial charge in [-0.15, -0.1) is 11.8 Å². The molecule has 0 spiro atoms. The third-order valence-electron chi connectivity index (χ3n) is 4.07. The number of ketones is 1. The summed E-state index contributed by atoms with van der Waals surface area (Å²) in [4.78, 5) is 36.8. The number of hydrogen-bond acceptors (Lipinski definition) is 5. The molecule has 0 radical (unpaired) electrons. The van der Waals surface area contributed by atoms with Gasteiger partial charge in [0.1, 0.15) is 5.54 Å². The summed E-state index contributed by atoms with van der Waals surface area (Å²) >= 11 is 3.63. The van der Waals surface area contributed by atoms with E-state index in [1.54, 1.807) is 0 Å². The molecular formula is C17H29IN2O4S. The highest BCUT2D eigenvalue weighted by atomic mass is 127. The summed E-state index contributed by atoms with van der Waals surface area (Å²) in [6.45, 7) is 10.3. The summed E-state index contributed by atoms with van der Waals surface area (Å²) in [7, 11) is 0. The van der Waals surface area contributed by atoms with Crippen molar-refractivity contribution >= 4 is 52.0 Å². The molecule has 1 amide bonds. The van der Waals surface area contributed by atoms with E-state index in [1.165, 1.54) is 11.8 Å². The van der Waals surface area contributed by atoms with Crippen molar-refractivity contribution in [3.63, 3.8) is 0 Å². The molecular weight excluding hydrogens is 455 g/mol. The van der Waals surface area contributed by atoms with Crippen LogP contribution in [0.5, 0.6) is 0 Å². The van der Waals surface area contributed by atoms with Gasteiger partial charge in [0.25, 0.3) is 0 Å². The average molecular weight is 484 g/mol. The van der Waals surface area contributed by atoms with E-state index in [4.69, 9.17) is 0 Å². The number of alkyl halides is 1. The van der Waals surface area contributed by atoms with E-state index < -0.39 is 22.2 Å². The monoisotopic (exact) mass is 484 g/mol. The predicted molar refractivity (Wildman–Crippen MR) is 109 cm³/mol. The minimum Gasteiger partial charge on any atom is -0.481 e. The van der Waals surface area contributed by atoms with Gasteiger partial charge < -0.3 is 15.7 Å². The van der Waals surface area contributed by atoms with Crippen molar-refractivity contribution in [1.29, 1.82) is 0 Å². The Kier molecular flexibility index (Phi) is 7.77. The molecule has 6 nitrogen and oxygen atoms in total. The Hall–Kier alpha value is -0.350. The van der Waals surface area contributed by atoms with Crippen LogP contribution in [-0.2, 0) is 14.4 Å². The Morgan fingerprint density at radius 2 is 1.84 bits per heavy atom. The molecule has 1 aliphatic heterocycles. The van der Waals surface area contributed by atoms with Gasteiger partial charge in [-0.25, -0.2) is 0 Å². The minimum absolute atomic E-state index is 0.0306. The van der Waals surface area contributed by atoms with Crippen molar-refractivity contribution in [1.82, 2.24) is 10.6 Å². The number of Topliss-reactive ketones (excluding diaryl/α,β-unsaturated/α-hetero) is 1. The van der Waals surface area contributed by atoms with Crippen LogP contribution in [0.2, 0.25) is 0 Å². The van der Waals surface area contributed by atoms with Gasteiger partial charge in [-0.05, 0) is 13.3 Å². The fourth-order valence-corrected chi connectivity index (χ4v) is 5.63. The number of aliphatic carboxylic acids is 1. The van der Waals surface area contributed by atoms with Gasteiger partial charge in [-0.3, -0.25) is 14.4 Å². The van der Waals surface area contributed by atoms with Gasteiger partial charge in [0.05, 0.1) is 14.4 Å². The summed E-state index contributed by atoms with van der Waals surface area (Å²) in [6, 6.07) is 0. The van der Waals surface area contributed by atoms with Crippen molar-refractivity contribution in [2.45, 2.75) is 67.4 Å². The molecule has 0 aromatic heterocycles. The molecule has 1 aliphatic rings. The Labute approximate surface area is 167 Å². The fourth-order valence-electron chi connectivity index (χ4n) is 2.86. The summed E-state index contributed by atoms with van der Waals surface area (Å²) in [6.07, 6.45) is 1.56. The van der Waals surface area contributed by atoms with Gasteiger partial charge in [0, 0.05) is 18.5 Å². The van der Waals surface area contributed by atoms with E-state index in [-0.39, 0.29) is 20.9 Å². The molecule has 2 unspecified atom stereocenters. The van der Waals surface area contributed by atoms with E-state index in [0.29, 0.717) is 13.1 Å². The van der Waals surface area contributed by atoms with E-state index in [2.05, 4.69) is 40.1 Å². The predicted octanol–water partition coefficient (Wildman–Crippen LogP) is 2.59. The zero-order valence-electron chi connectivity index (χ0n) is 15.6. The molecule has 0 aromatic carbocycles. The molecule has 8 heteroatoms. The number of carboxylic acids is 1. The number of carbonyl (C=O) groups is 3. The van der Waals surface area contributed by atoms with Crippen LogP contribution >= 0.6 is 34.4 Å². The summed E-state index contributed by atoms with van der Waals surface area (Å²) < 4.78 is -0.233. The normalized spacial score (nSPS) is 20.1. The second kappa shape index (κ2) is 8.56. The molecule has 1 saturated heterocycles. The van der Waals surface area contributed by atoms with Crippen molar-refractivity contribution in [2.24, 2.45) is 5.41 Å². The molecule has 25 heavy (non-hydrogen) atoms. The lowest BCUT2D eigenvalue weighted by Gasteiger charge is -2.45. The lowest BCUT2D eigenvalue weighted by atomic mass is 9.74. The maximum atomic E-state index is 12.8. The third-order valence-corrected chi connectivity index (χ3v) is 6.73. The Morgan fingerprint density at radius 3 is 2.20 bits per heavy atom. The Bertz CT molecular complexity index is 527. The highest BCUT2D eigenvalue weighted by molar-refractivity contribution is 14.1. The molecule has 1 fully saturated rings. The van der Waals surface area contributed by atoms with E-state index in [1.807, 2.05) is 27.7 Å². The lowest BCUT2D eigenvalue weighted by Crippen LogP contribution is -2.75. The van der Waals surface area contributed by atoms with Crippen LogP contribution in [0.4, 0.5) is 0 Å². The first-order valence-corrected chi connectivity index (χ1v) is 10.4. The standard InChI is InChI=1S/C17H29IN2O4S/c1-6-7-16(5,18)25-11(8-12(21)22)13(23)20-17(9-19-10-17)14(24)15(2,3)4/h11,19H,6-10H2,1-5H3,(H,20,23)(H,21,22). The summed E-state index contributed by atoms with van der Waals surface area (Å²) in [5.41, 5.74) is -1.51. The number of carbonyl (C=O) groups excluding carboxylic acids is 2. The zero-order valence-corrected chi connectivity index (χ0v) is 18.5. The number of rotatable bonds is 9. The molecule has 3 N–H and O–H groups in total. The Balaban J connectivity index is 2.93. The van der Waals surface area contributed by atoms with Gasteiger partial charge >= 0.3 is 5.97 Å². The van der Waals surface area contributed by atoms with Crippen LogP contribution in [0.1, 0.15) is 53.9 Å². The van der Waals surface area contributed by atoms with E-state index in [9.17, 15) is 19.5 Å². The summed E-state index contributed by atoms with van der Waals surface area (Å²) in [5, 5.41) is 14.4. The zero-order chi connectivity index (χ0) is 19.5. The quantitative estimate of drug-likeness (QED) is 0.344. The van der Waals surface area contributed by atoms with Crippen molar-refractivity contribution in [3.05, 3.63) is 0 Å². The topological polar surface area (TPSA) is 95.5 Å². The molecule has 2 atom stereocenters. The molecule has 144 valence electrons. The number of halogens is 1. The summed E-state index contributed by atoms with van der Waals surface area (Å²) in [5.74, 6) is -1.42. The first kappa shape index (κ1) is 22.7. The maximum absolute atomic E-state index is 12.8. The SMILES string of the molecule is CCCC(C)(I)SC(CC(=O)O)C(=O)NC1(C(=O)C(C)(C)C)CNC1. The molecule has 0 aromatic rings. The number of carboxylic acid groups (broad SMARTS) is 1. The van der Waals surface area contributed by atoms with Crippen LogP contribution in [0, 0.1) is 5.41 Å². The van der Waals surface area contributed by atoms with Crippen LogP contribution in [-0.4, -0.2) is 49.4 Å². The molecule has 0 saturated carbocycles. The van der Waals surface area contributed by atoms with Gasteiger partial charge in [0.15, 0.2) is 5.78 Å². The molecule has 0 aliphatic carbocycles. The second-order valence-corrected chi connectivity index (χ2v) is 12.6. The van der Waals surface area contributed by atoms with Crippen molar-refractivity contribution < 1.29 is 19.5 Å². The number of nitrogens with one attached hydrogen (secondary N) is 2. The fraction of sp³-hybridized carbons (Fsp3) is 0.824. The van der Waals surface area contributed by atoms with Gasteiger partial charge in [0.2, 0.25) is 5.91 Å². The lowest BCUT2D eigenvalue weighted by molar-refractivity contribution is -0.141. The highest BCUT2D eigenvalue weighted by Gasteiger charge is 2.50. The average Bonchev–Trinajstić information content (AvgIpc) is 2.39. The number of hydrogen-bond donors (Lipinski definition) is 3. The first-order chi connectivity index (χ1) is 11.3. The largest absolute Gasteiger partial charge is 0.481 e. The van der Waals surface area contributed by atoms with Gasteiger partial charge in [-0.2, -0.15) is 0 Å². The molecule has 1 heterocycles. The highest BCUT2D eigenvalue weighted by Crippen LogP contribution is 2.41. The van der Waals surface area contributed by atoms with Crippen molar-refractivity contribution in [2.75, 3.05) is 13.1 Å². The van der Waals surface area contributed by atoms with Crippen LogP contribution in [0.3, 0.4) is 0 Å². The maximum Gasteiger partial charge on any atom is 0.305 e. The smallest absolute Gasteiger partial charge is 0.305 e. The molecule has 0 bridgehead atoms. The minimum atomic E-state index is -1.01. The molecule has 1 rings (SSSR count).